The Kier molecular flexibility index (Phi) is 6.87. The second-order valence-electron chi connectivity index (χ2n) is 10.6. The number of aromatic nitrogens is 2. The van der Waals surface area contributed by atoms with Crippen molar-refractivity contribution in [3.63, 3.8) is 0 Å². The van der Waals surface area contributed by atoms with Gasteiger partial charge in [0.15, 0.2) is 0 Å². The minimum Gasteiger partial charge on any atom is -0.507 e. The fourth-order valence-electron chi connectivity index (χ4n) is 6.05. The lowest BCUT2D eigenvalue weighted by atomic mass is 9.83. The van der Waals surface area contributed by atoms with Crippen molar-refractivity contribution in [3.05, 3.63) is 169 Å². The van der Waals surface area contributed by atoms with Crippen LogP contribution in [0.4, 0.5) is 0 Å². The quantitative estimate of drug-likeness (QED) is 0.178. The average molecular weight is 642 g/mol. The van der Waals surface area contributed by atoms with Crippen LogP contribution < -0.4 is 11.1 Å². The number of H-pyrrole nitrogens is 1. The molecule has 7 heteroatoms. The van der Waals surface area contributed by atoms with Crippen LogP contribution in [0.3, 0.4) is 0 Å². The Morgan fingerprint density at radius 2 is 1.30 bits per heavy atom. The molecular weight excluding hydrogens is 616 g/mol. The topological polar surface area (TPSA) is 95.3 Å². The molecule has 0 spiro atoms. The molecule has 0 bridgehead atoms. The molecule has 7 aromatic rings. The van der Waals surface area contributed by atoms with Gasteiger partial charge in [0.05, 0.1) is 28.1 Å². The van der Waals surface area contributed by atoms with Crippen LogP contribution in [0.25, 0.3) is 38.6 Å². The molecule has 3 N–H and O–H groups in total. The lowest BCUT2D eigenvalue weighted by Gasteiger charge is -2.23. The Morgan fingerprint density at radius 1 is 0.659 bits per heavy atom. The lowest BCUT2D eigenvalue weighted by Crippen LogP contribution is -2.28. The van der Waals surface area contributed by atoms with E-state index in [4.69, 9.17) is 0 Å². The molecule has 0 fully saturated rings. The van der Waals surface area contributed by atoms with E-state index in [1.165, 1.54) is 4.57 Å². The fraction of sp³-hybridized carbons (Fsp3) is 0.0270. The summed E-state index contributed by atoms with van der Waals surface area (Å²) in [5.74, 6) is -1.63. The van der Waals surface area contributed by atoms with Gasteiger partial charge >= 0.3 is 0 Å². The Labute approximate surface area is 260 Å². The zero-order valence-corrected chi connectivity index (χ0v) is 24.8. The molecule has 5 aromatic carbocycles. The van der Waals surface area contributed by atoms with Crippen molar-refractivity contribution in [3.8, 4) is 28.3 Å². The highest BCUT2D eigenvalue weighted by Crippen LogP contribution is 2.43. The zero-order chi connectivity index (χ0) is 30.4. The summed E-state index contributed by atoms with van der Waals surface area (Å²) < 4.78 is 2.25. The van der Waals surface area contributed by atoms with E-state index >= 15 is 0 Å². The van der Waals surface area contributed by atoms with Gasteiger partial charge in [0, 0.05) is 26.5 Å². The van der Waals surface area contributed by atoms with Crippen molar-refractivity contribution >= 4 is 37.7 Å². The summed E-state index contributed by atoms with van der Waals surface area (Å²) in [5.41, 5.74) is 2.63. The zero-order valence-electron chi connectivity index (χ0n) is 23.2. The fourth-order valence-corrected chi connectivity index (χ4v) is 6.46. The van der Waals surface area contributed by atoms with Gasteiger partial charge in [-0.05, 0) is 53.6 Å². The third kappa shape index (κ3) is 4.49. The van der Waals surface area contributed by atoms with Gasteiger partial charge in [0.25, 0.3) is 11.1 Å². The van der Waals surface area contributed by atoms with Crippen LogP contribution in [0.2, 0.25) is 0 Å². The third-order valence-corrected chi connectivity index (χ3v) is 8.50. The number of nitrogens with one attached hydrogen (secondary N) is 1. The molecule has 0 aliphatic heterocycles. The van der Waals surface area contributed by atoms with Gasteiger partial charge in [-0.2, -0.15) is 0 Å². The summed E-state index contributed by atoms with van der Waals surface area (Å²) in [6.07, 6.45) is 0. The van der Waals surface area contributed by atoms with E-state index in [9.17, 15) is 19.8 Å². The summed E-state index contributed by atoms with van der Waals surface area (Å²) in [5, 5.41) is 24.6. The third-order valence-electron chi connectivity index (χ3n) is 8.01. The molecule has 44 heavy (non-hydrogen) atoms. The van der Waals surface area contributed by atoms with E-state index in [-0.39, 0.29) is 22.6 Å². The molecule has 214 valence electrons. The SMILES string of the molecule is O=c1[nH]c2c(-c3ccccc3)cccc2c(O)c1C(c1cccc(Br)c1)c1c(O)c2ccccc2n(-c2ccccc2)c1=O. The lowest BCUT2D eigenvalue weighted by molar-refractivity contribution is 0.462. The van der Waals surface area contributed by atoms with Crippen LogP contribution in [0.5, 0.6) is 11.5 Å². The van der Waals surface area contributed by atoms with E-state index in [1.54, 1.807) is 48.5 Å². The molecule has 0 saturated carbocycles. The largest absolute Gasteiger partial charge is 0.507 e. The molecular formula is C37H25BrN2O4. The van der Waals surface area contributed by atoms with Gasteiger partial charge in [0.1, 0.15) is 11.5 Å². The molecule has 2 aromatic heterocycles. The van der Waals surface area contributed by atoms with E-state index in [2.05, 4.69) is 20.9 Å². The standard InChI is InChI=1S/C37H25BrN2O4/c38-24-14-9-13-23(21-24)30(31-35(42)28-19-10-18-26(33(28)39-36(31)43)22-11-3-1-4-12-22)32-34(41)27-17-7-8-20-29(27)40(37(32)44)25-15-5-2-6-16-25/h1-21,30,41H,(H2,39,42,43). The number of hydrogen-bond donors (Lipinski definition) is 3. The molecule has 2 heterocycles. The number of halogens is 1. The maximum atomic E-state index is 14.6. The minimum atomic E-state index is -1.12. The average Bonchev–Trinajstić information content (AvgIpc) is 3.05. The molecule has 1 unspecified atom stereocenters. The van der Waals surface area contributed by atoms with Crippen molar-refractivity contribution in [2.75, 3.05) is 0 Å². The Balaban J connectivity index is 1.60. The highest BCUT2D eigenvalue weighted by atomic mass is 79.9. The van der Waals surface area contributed by atoms with Crippen molar-refractivity contribution in [2.24, 2.45) is 0 Å². The van der Waals surface area contributed by atoms with E-state index in [0.717, 1.165) is 11.1 Å². The van der Waals surface area contributed by atoms with Gasteiger partial charge in [0.2, 0.25) is 0 Å². The van der Waals surface area contributed by atoms with Crippen LogP contribution in [0.15, 0.2) is 141 Å². The van der Waals surface area contributed by atoms with E-state index < -0.39 is 17.0 Å². The smallest absolute Gasteiger partial charge is 0.263 e. The maximum Gasteiger partial charge on any atom is 0.263 e. The predicted octanol–water partition coefficient (Wildman–Crippen LogP) is 7.85. The first-order chi connectivity index (χ1) is 21.4. The minimum absolute atomic E-state index is 0.0231. The van der Waals surface area contributed by atoms with Crippen molar-refractivity contribution < 1.29 is 10.2 Å². The van der Waals surface area contributed by atoms with Gasteiger partial charge in [-0.1, -0.05) is 101 Å². The van der Waals surface area contributed by atoms with Crippen molar-refractivity contribution in [1.29, 1.82) is 0 Å². The second kappa shape index (κ2) is 11.0. The summed E-state index contributed by atoms with van der Waals surface area (Å²) in [7, 11) is 0. The molecule has 0 amide bonds. The van der Waals surface area contributed by atoms with E-state index in [0.29, 0.717) is 37.5 Å². The first-order valence-electron chi connectivity index (χ1n) is 14.0. The summed E-state index contributed by atoms with van der Waals surface area (Å²) >= 11 is 3.52. The first-order valence-corrected chi connectivity index (χ1v) is 14.8. The number of aromatic hydroxyl groups is 2. The monoisotopic (exact) mass is 640 g/mol. The predicted molar refractivity (Wildman–Crippen MR) is 178 cm³/mol. The first kappa shape index (κ1) is 27.4. The maximum absolute atomic E-state index is 14.6. The van der Waals surface area contributed by atoms with Crippen molar-refractivity contribution in [2.45, 2.75) is 5.92 Å². The Bertz CT molecular complexity index is 2310. The number of hydrogen-bond acceptors (Lipinski definition) is 4. The number of aromatic amines is 1. The second-order valence-corrected chi connectivity index (χ2v) is 11.5. The number of benzene rings is 5. The van der Waals surface area contributed by atoms with Gasteiger partial charge < -0.3 is 15.2 Å². The number of rotatable bonds is 5. The van der Waals surface area contributed by atoms with Gasteiger partial charge in [-0.15, -0.1) is 0 Å². The summed E-state index contributed by atoms with van der Waals surface area (Å²) in [4.78, 5) is 31.7. The highest BCUT2D eigenvalue weighted by molar-refractivity contribution is 9.10. The molecule has 6 nitrogen and oxygen atoms in total. The summed E-state index contributed by atoms with van der Waals surface area (Å²) in [6, 6.07) is 38.5. The number of fused-ring (bicyclic) bond motifs is 2. The van der Waals surface area contributed by atoms with Crippen LogP contribution in [-0.4, -0.2) is 19.8 Å². The number of para-hydroxylation sites is 3. The van der Waals surface area contributed by atoms with Crippen LogP contribution in [0, 0.1) is 0 Å². The van der Waals surface area contributed by atoms with Gasteiger partial charge in [-0.3, -0.25) is 14.2 Å². The Morgan fingerprint density at radius 3 is 2.05 bits per heavy atom. The van der Waals surface area contributed by atoms with E-state index in [1.807, 2.05) is 78.9 Å². The molecule has 1 atom stereocenters. The van der Waals surface area contributed by atoms with Crippen LogP contribution in [0.1, 0.15) is 22.6 Å². The molecule has 0 radical (unpaired) electrons. The summed E-state index contributed by atoms with van der Waals surface area (Å²) in [6.45, 7) is 0. The Hall–Kier alpha value is -5.40. The number of nitrogens with zero attached hydrogens (tertiary/aromatic N) is 1. The van der Waals surface area contributed by atoms with Crippen LogP contribution in [-0.2, 0) is 0 Å². The molecule has 7 rings (SSSR count). The molecule has 0 aliphatic carbocycles. The highest BCUT2D eigenvalue weighted by Gasteiger charge is 2.32. The normalized spacial score (nSPS) is 12.0. The van der Waals surface area contributed by atoms with Crippen LogP contribution >= 0.6 is 15.9 Å². The van der Waals surface area contributed by atoms with Crippen molar-refractivity contribution in [1.82, 2.24) is 9.55 Å². The molecule has 0 aliphatic rings. The van der Waals surface area contributed by atoms with Gasteiger partial charge in [-0.25, -0.2) is 0 Å². The molecule has 0 saturated heterocycles. The number of pyridine rings is 2.